The van der Waals surface area contributed by atoms with Crippen LogP contribution in [0.5, 0.6) is 5.75 Å². The molecule has 1 aromatic carbocycles. The van der Waals surface area contributed by atoms with Gasteiger partial charge in [0.1, 0.15) is 5.75 Å². The Labute approximate surface area is 115 Å². The summed E-state index contributed by atoms with van der Waals surface area (Å²) in [7, 11) is 1.67. The minimum Gasteiger partial charge on any atom is -0.497 e. The molecule has 102 valence electrons. The lowest BCUT2D eigenvalue weighted by molar-refractivity contribution is 0.0974. The van der Waals surface area contributed by atoms with E-state index in [-0.39, 0.29) is 23.9 Å². The molecule has 0 unspecified atom stereocenters. The summed E-state index contributed by atoms with van der Waals surface area (Å²) in [6, 6.07) is 8.17. The molecule has 4 heteroatoms. The van der Waals surface area contributed by atoms with Crippen molar-refractivity contribution in [2.24, 2.45) is 5.73 Å². The van der Waals surface area contributed by atoms with Gasteiger partial charge >= 0.3 is 0 Å². The van der Waals surface area contributed by atoms with Gasteiger partial charge in [-0.1, -0.05) is 12.1 Å². The number of hydrogen-bond donors (Lipinski definition) is 2. The number of aliphatic hydroxyl groups excluding tert-OH is 1. The molecule has 1 fully saturated rings. The number of halogens is 1. The van der Waals surface area contributed by atoms with E-state index in [1.54, 1.807) is 7.11 Å². The minimum absolute atomic E-state index is 0. The quantitative estimate of drug-likeness (QED) is 0.887. The van der Waals surface area contributed by atoms with Crippen molar-refractivity contribution in [3.05, 3.63) is 29.8 Å². The summed E-state index contributed by atoms with van der Waals surface area (Å²) in [4.78, 5) is 0. The fourth-order valence-corrected chi connectivity index (χ4v) is 2.71. The first kappa shape index (κ1) is 15.3. The van der Waals surface area contributed by atoms with Crippen LogP contribution >= 0.6 is 12.4 Å². The number of ether oxygens (including phenoxy) is 1. The van der Waals surface area contributed by atoms with Crippen LogP contribution in [-0.4, -0.2) is 24.9 Å². The van der Waals surface area contributed by atoms with Gasteiger partial charge in [0.05, 0.1) is 13.2 Å². The van der Waals surface area contributed by atoms with Crippen LogP contribution in [0.4, 0.5) is 0 Å². The first-order valence-electron chi connectivity index (χ1n) is 6.23. The second-order valence-corrected chi connectivity index (χ2v) is 4.94. The maximum Gasteiger partial charge on any atom is 0.118 e. The smallest absolute Gasteiger partial charge is 0.118 e. The standard InChI is InChI=1S/C14H21NO2.ClH/c1-17-13-4-2-11(3-5-13)14(10-15)8-6-12(16)7-9-14;/h2-5,12,16H,6-10,15H2,1H3;1H. The van der Waals surface area contributed by atoms with Crippen LogP contribution in [0.3, 0.4) is 0 Å². The third-order valence-corrected chi connectivity index (χ3v) is 4.01. The van der Waals surface area contributed by atoms with Crippen LogP contribution in [0.1, 0.15) is 31.2 Å². The molecule has 0 spiro atoms. The average molecular weight is 272 g/mol. The van der Waals surface area contributed by atoms with Crippen molar-refractivity contribution in [3.63, 3.8) is 0 Å². The SMILES string of the molecule is COc1ccc(C2(CN)CCC(O)CC2)cc1.Cl. The van der Waals surface area contributed by atoms with Gasteiger partial charge in [-0.05, 0) is 43.4 Å². The number of aliphatic hydroxyl groups is 1. The molecular formula is C14H22ClNO2. The van der Waals surface area contributed by atoms with E-state index in [2.05, 4.69) is 12.1 Å². The van der Waals surface area contributed by atoms with Gasteiger partial charge in [-0.25, -0.2) is 0 Å². The van der Waals surface area contributed by atoms with Crippen molar-refractivity contribution in [2.75, 3.05) is 13.7 Å². The third kappa shape index (κ3) is 2.97. The molecule has 0 aromatic heterocycles. The summed E-state index contributed by atoms with van der Waals surface area (Å²) in [5.74, 6) is 0.872. The first-order valence-corrected chi connectivity index (χ1v) is 6.23. The molecule has 1 aromatic rings. The second kappa shape index (κ2) is 6.41. The minimum atomic E-state index is -0.145. The number of rotatable bonds is 3. The van der Waals surface area contributed by atoms with E-state index in [1.165, 1.54) is 5.56 Å². The van der Waals surface area contributed by atoms with E-state index < -0.39 is 0 Å². The normalized spacial score (nSPS) is 27.4. The molecule has 2 rings (SSSR count). The van der Waals surface area contributed by atoms with Gasteiger partial charge in [0.15, 0.2) is 0 Å². The Hall–Kier alpha value is -0.770. The summed E-state index contributed by atoms with van der Waals surface area (Å²) in [5.41, 5.74) is 7.29. The topological polar surface area (TPSA) is 55.5 Å². The van der Waals surface area contributed by atoms with Crippen molar-refractivity contribution < 1.29 is 9.84 Å². The number of methoxy groups -OCH3 is 1. The van der Waals surface area contributed by atoms with E-state index in [4.69, 9.17) is 10.5 Å². The molecule has 0 amide bonds. The number of hydrogen-bond acceptors (Lipinski definition) is 3. The molecule has 1 aliphatic carbocycles. The van der Waals surface area contributed by atoms with Gasteiger partial charge in [0.2, 0.25) is 0 Å². The van der Waals surface area contributed by atoms with E-state index in [0.717, 1.165) is 31.4 Å². The van der Waals surface area contributed by atoms with Crippen LogP contribution in [0.2, 0.25) is 0 Å². The van der Waals surface area contributed by atoms with Gasteiger partial charge in [-0.2, -0.15) is 0 Å². The van der Waals surface area contributed by atoms with Gasteiger partial charge < -0.3 is 15.6 Å². The Kier molecular flexibility index (Phi) is 5.45. The van der Waals surface area contributed by atoms with Gasteiger partial charge in [-0.15, -0.1) is 12.4 Å². The third-order valence-electron chi connectivity index (χ3n) is 4.01. The van der Waals surface area contributed by atoms with Crippen LogP contribution < -0.4 is 10.5 Å². The lowest BCUT2D eigenvalue weighted by Crippen LogP contribution is -2.40. The van der Waals surface area contributed by atoms with Crippen molar-refractivity contribution >= 4 is 12.4 Å². The summed E-state index contributed by atoms with van der Waals surface area (Å²) in [5, 5.41) is 9.61. The van der Waals surface area contributed by atoms with Crippen LogP contribution in [0, 0.1) is 0 Å². The van der Waals surface area contributed by atoms with Crippen molar-refractivity contribution in [3.8, 4) is 5.75 Å². The Morgan fingerprint density at radius 1 is 1.28 bits per heavy atom. The van der Waals surface area contributed by atoms with Gasteiger partial charge in [-0.3, -0.25) is 0 Å². The van der Waals surface area contributed by atoms with Crippen LogP contribution in [-0.2, 0) is 5.41 Å². The predicted molar refractivity (Wildman–Crippen MR) is 75.4 cm³/mol. The molecule has 0 radical (unpaired) electrons. The van der Waals surface area contributed by atoms with Crippen LogP contribution in [0.15, 0.2) is 24.3 Å². The lowest BCUT2D eigenvalue weighted by Gasteiger charge is -2.38. The van der Waals surface area contributed by atoms with Gasteiger partial charge in [0.25, 0.3) is 0 Å². The summed E-state index contributed by atoms with van der Waals surface area (Å²) >= 11 is 0. The highest BCUT2D eigenvalue weighted by atomic mass is 35.5. The van der Waals surface area contributed by atoms with E-state index in [1.807, 2.05) is 12.1 Å². The highest BCUT2D eigenvalue weighted by Crippen LogP contribution is 2.39. The summed E-state index contributed by atoms with van der Waals surface area (Å²) in [6.07, 6.45) is 3.49. The zero-order chi connectivity index (χ0) is 12.3. The molecule has 18 heavy (non-hydrogen) atoms. The Bertz CT molecular complexity index is 359. The maximum absolute atomic E-state index is 9.61. The molecule has 0 atom stereocenters. The molecule has 0 saturated heterocycles. The number of benzene rings is 1. The molecule has 1 saturated carbocycles. The van der Waals surface area contributed by atoms with Crippen molar-refractivity contribution in [2.45, 2.75) is 37.2 Å². The molecule has 0 aliphatic heterocycles. The Balaban J connectivity index is 0.00000162. The molecule has 3 N–H and O–H groups in total. The fourth-order valence-electron chi connectivity index (χ4n) is 2.71. The Morgan fingerprint density at radius 2 is 1.83 bits per heavy atom. The summed E-state index contributed by atoms with van der Waals surface area (Å²) in [6.45, 7) is 0.645. The average Bonchev–Trinajstić information content (AvgIpc) is 2.40. The summed E-state index contributed by atoms with van der Waals surface area (Å²) < 4.78 is 5.17. The Morgan fingerprint density at radius 3 is 2.28 bits per heavy atom. The lowest BCUT2D eigenvalue weighted by atomic mass is 9.69. The highest BCUT2D eigenvalue weighted by molar-refractivity contribution is 5.85. The molecule has 0 bridgehead atoms. The molecule has 0 heterocycles. The number of nitrogens with two attached hydrogens (primary N) is 1. The van der Waals surface area contributed by atoms with Crippen LogP contribution in [0.25, 0.3) is 0 Å². The van der Waals surface area contributed by atoms with Crippen molar-refractivity contribution in [1.82, 2.24) is 0 Å². The van der Waals surface area contributed by atoms with Crippen molar-refractivity contribution in [1.29, 1.82) is 0 Å². The largest absolute Gasteiger partial charge is 0.497 e. The fraction of sp³-hybridized carbons (Fsp3) is 0.571. The zero-order valence-corrected chi connectivity index (χ0v) is 11.6. The van der Waals surface area contributed by atoms with E-state index in [0.29, 0.717) is 6.54 Å². The monoisotopic (exact) mass is 271 g/mol. The van der Waals surface area contributed by atoms with Gasteiger partial charge in [0, 0.05) is 12.0 Å². The highest BCUT2D eigenvalue weighted by Gasteiger charge is 2.35. The molecular weight excluding hydrogens is 250 g/mol. The first-order chi connectivity index (χ1) is 8.20. The predicted octanol–water partition coefficient (Wildman–Crippen LogP) is 2.25. The maximum atomic E-state index is 9.61. The second-order valence-electron chi connectivity index (χ2n) is 4.94. The van der Waals surface area contributed by atoms with E-state index in [9.17, 15) is 5.11 Å². The molecule has 3 nitrogen and oxygen atoms in total. The van der Waals surface area contributed by atoms with E-state index >= 15 is 0 Å². The zero-order valence-electron chi connectivity index (χ0n) is 10.8. The molecule has 1 aliphatic rings.